The van der Waals surface area contributed by atoms with Gasteiger partial charge in [-0.05, 0) is 128 Å². The highest BCUT2D eigenvalue weighted by molar-refractivity contribution is 6.75. The lowest BCUT2D eigenvalue weighted by Crippen LogP contribution is -2.67. The Morgan fingerprint density at radius 3 is 1.82 bits per heavy atom. The van der Waals surface area contributed by atoms with E-state index in [1.54, 1.807) is 13.2 Å². The molecule has 12 unspecified atom stereocenters. The molecule has 2 N–H and O–H groups in total. The van der Waals surface area contributed by atoms with Crippen LogP contribution in [0.5, 0.6) is 0 Å². The summed E-state index contributed by atoms with van der Waals surface area (Å²) >= 11 is 0. The van der Waals surface area contributed by atoms with Crippen LogP contribution in [0.15, 0.2) is 36.5 Å². The summed E-state index contributed by atoms with van der Waals surface area (Å²) in [6.07, 6.45) is -0.943. The molecule has 0 aromatic rings. The van der Waals surface area contributed by atoms with Crippen molar-refractivity contribution >= 4 is 44.8 Å². The number of hydrogen-bond acceptors (Lipinski definition) is 13. The van der Waals surface area contributed by atoms with Crippen LogP contribution in [0.2, 0.25) is 72.5 Å². The summed E-state index contributed by atoms with van der Waals surface area (Å²) in [4.78, 5) is 28.8. The summed E-state index contributed by atoms with van der Waals surface area (Å²) in [5.41, 5.74) is 1.41. The standard InChI is InChI=1S/C61H112O13Si4/c1-38-32-43-26-28-47(64)39(2)31-41(62)25-29-49(73-77(21,22)60(10,11)12)56-57(74-78(23,24)61(13,14)15)53(65)55-48(71-56)30-27-44(69-55)33-42(63)34-46-51(36-50(68-43)40(38)3)70-52(54(46)66-16)35-45(72-76(19,20)59(7,8)9)37-67-75(17,18)58(4,5)6/h25,29,38,43-57,64-65H,2-3,26-28,30-37H2,1,4-24H3/b29-25+/t38?,43?,44?,45?,46?,47?,48-,49?,50?,51-,52?,53-,54+,55?,56?,57?/m0/s1. The number of methoxy groups -OCH3 is 1. The van der Waals surface area contributed by atoms with Crippen LogP contribution >= 0.6 is 0 Å². The fourth-order valence-electron chi connectivity index (χ4n) is 10.8. The number of allylic oxidation sites excluding steroid dienone is 1. The third kappa shape index (κ3) is 16.7. The minimum absolute atomic E-state index is 0.00779. The Bertz CT molecular complexity index is 2080. The average molecular weight is 1170 g/mol. The van der Waals surface area contributed by atoms with Crippen LogP contribution in [0, 0.1) is 11.8 Å². The second-order valence-corrected chi connectivity index (χ2v) is 49.5. The summed E-state index contributed by atoms with van der Waals surface area (Å²) in [5.74, 6) is -0.374. The fraction of sp³-hybridized carbons (Fsp3) is 0.869. The molecular formula is C61H112O13Si4. The summed E-state index contributed by atoms with van der Waals surface area (Å²) in [6.45, 7) is 55.7. The fourth-order valence-corrected chi connectivity index (χ4v) is 15.7. The molecule has 0 aromatic heterocycles. The Labute approximate surface area is 477 Å². The molecule has 6 aliphatic heterocycles. The second kappa shape index (κ2) is 25.7. The van der Waals surface area contributed by atoms with E-state index >= 15 is 0 Å². The van der Waals surface area contributed by atoms with Crippen molar-refractivity contribution in [3.05, 3.63) is 36.5 Å². The van der Waals surface area contributed by atoms with E-state index in [4.69, 9.17) is 41.4 Å². The molecule has 6 rings (SSSR count). The van der Waals surface area contributed by atoms with Gasteiger partial charge in [-0.15, -0.1) is 0 Å². The maximum atomic E-state index is 14.9. The lowest BCUT2D eigenvalue weighted by molar-refractivity contribution is -0.269. The van der Waals surface area contributed by atoms with E-state index in [0.29, 0.717) is 50.7 Å². The third-order valence-corrected chi connectivity index (χ3v) is 38.2. The molecular weight excluding hydrogens is 1050 g/mol. The Hall–Kier alpha value is -1.01. The van der Waals surface area contributed by atoms with Gasteiger partial charge in [0, 0.05) is 45.1 Å². The van der Waals surface area contributed by atoms with Gasteiger partial charge in [-0.2, -0.15) is 0 Å². The van der Waals surface area contributed by atoms with E-state index in [1.807, 2.05) is 0 Å². The number of Topliss-reactive ketones (excluding diaryl/α,β-unsaturated/α-hetero) is 1. The molecule has 6 heterocycles. The van der Waals surface area contributed by atoms with Crippen LogP contribution in [-0.4, -0.2) is 154 Å². The van der Waals surface area contributed by atoms with Crippen LogP contribution in [0.3, 0.4) is 0 Å². The van der Waals surface area contributed by atoms with Gasteiger partial charge in [0.05, 0.1) is 67.6 Å². The van der Waals surface area contributed by atoms with E-state index in [0.717, 1.165) is 12.0 Å². The first-order valence-corrected chi connectivity index (χ1v) is 41.4. The number of aliphatic hydroxyl groups is 2. The SMILES string of the molecule is C=C1CC(=O)/C=C/C(O[Si](C)(C)C(C)(C)C)C2O[C@H]3CCC(CC(=O)CC4[C@@H](OC)C(CC(CO[Si](C)(C)C(C)(C)C)O[Si](C)(C)C(C)(C)C)O[C@H]4CC4OC(CCC1O)CC(C)C4=C)OC3[C@H](O)C2O[Si](C)(C)C(C)(C)C. The normalized spacial score (nSPS) is 35.2. The Kier molecular flexibility index (Phi) is 22.3. The highest BCUT2D eigenvalue weighted by atomic mass is 28.4. The molecule has 13 nitrogen and oxygen atoms in total. The number of ether oxygens (including phenoxy) is 5. The highest BCUT2D eigenvalue weighted by Gasteiger charge is 2.56. The van der Waals surface area contributed by atoms with Crippen molar-refractivity contribution in [3.8, 4) is 0 Å². The molecule has 0 spiro atoms. The molecule has 0 aromatic carbocycles. The molecule has 6 aliphatic rings. The maximum Gasteiger partial charge on any atom is 0.193 e. The van der Waals surface area contributed by atoms with Crippen molar-refractivity contribution in [2.24, 2.45) is 11.8 Å². The Morgan fingerprint density at radius 2 is 1.24 bits per heavy atom. The van der Waals surface area contributed by atoms with Crippen LogP contribution in [0.4, 0.5) is 0 Å². The summed E-state index contributed by atoms with van der Waals surface area (Å²) < 4.78 is 63.2. The van der Waals surface area contributed by atoms with E-state index in [1.165, 1.54) is 6.08 Å². The summed E-state index contributed by atoms with van der Waals surface area (Å²) in [7, 11) is -7.88. The van der Waals surface area contributed by atoms with E-state index in [-0.39, 0.29) is 81.1 Å². The van der Waals surface area contributed by atoms with Crippen molar-refractivity contribution < 1.29 is 61.2 Å². The minimum atomic E-state index is -2.59. The van der Waals surface area contributed by atoms with Gasteiger partial charge < -0.3 is 51.6 Å². The van der Waals surface area contributed by atoms with Crippen molar-refractivity contribution in [3.63, 3.8) is 0 Å². The van der Waals surface area contributed by atoms with Gasteiger partial charge in [-0.25, -0.2) is 0 Å². The lowest BCUT2D eigenvalue weighted by Gasteiger charge is -2.53. The van der Waals surface area contributed by atoms with Gasteiger partial charge >= 0.3 is 0 Å². The van der Waals surface area contributed by atoms with Crippen molar-refractivity contribution in [2.75, 3.05) is 13.7 Å². The molecule has 0 radical (unpaired) electrons. The zero-order chi connectivity index (χ0) is 59.1. The quantitative estimate of drug-likeness (QED) is 0.141. The van der Waals surface area contributed by atoms with Crippen molar-refractivity contribution in [2.45, 2.75) is 312 Å². The minimum Gasteiger partial charge on any atom is -0.414 e. The molecule has 16 atom stereocenters. The predicted molar refractivity (Wildman–Crippen MR) is 323 cm³/mol. The lowest BCUT2D eigenvalue weighted by atomic mass is 9.81. The smallest absolute Gasteiger partial charge is 0.193 e. The van der Waals surface area contributed by atoms with Gasteiger partial charge in [0.2, 0.25) is 0 Å². The molecule has 0 saturated carbocycles. The summed E-state index contributed by atoms with van der Waals surface area (Å²) in [5, 5.41) is 23.9. The first-order valence-electron chi connectivity index (χ1n) is 29.8. The van der Waals surface area contributed by atoms with E-state index < -0.39 is 100 Å². The van der Waals surface area contributed by atoms with Crippen molar-refractivity contribution in [1.29, 1.82) is 0 Å². The van der Waals surface area contributed by atoms with Crippen molar-refractivity contribution in [1.82, 2.24) is 0 Å². The molecule has 17 heteroatoms. The predicted octanol–water partition coefficient (Wildman–Crippen LogP) is 13.0. The first kappa shape index (κ1) is 67.8. The maximum absolute atomic E-state index is 14.9. The van der Waals surface area contributed by atoms with Crippen LogP contribution in [0.1, 0.15) is 154 Å². The Morgan fingerprint density at radius 1 is 0.667 bits per heavy atom. The molecule has 78 heavy (non-hydrogen) atoms. The molecule has 6 bridgehead atoms. The van der Waals surface area contributed by atoms with Gasteiger partial charge in [-0.1, -0.05) is 109 Å². The summed E-state index contributed by atoms with van der Waals surface area (Å²) in [6, 6.07) is 0. The molecule has 450 valence electrons. The number of hydrogen-bond donors (Lipinski definition) is 2. The van der Waals surface area contributed by atoms with Gasteiger partial charge in [0.15, 0.2) is 39.1 Å². The molecule has 4 fully saturated rings. The van der Waals surface area contributed by atoms with Crippen LogP contribution in [-0.2, 0) is 51.0 Å². The number of fused-ring (bicyclic) bond motifs is 11. The molecule has 0 aliphatic carbocycles. The number of aliphatic hydroxyl groups excluding tert-OH is 2. The van der Waals surface area contributed by atoms with E-state index in [9.17, 15) is 19.8 Å². The zero-order valence-electron chi connectivity index (χ0n) is 53.0. The van der Waals surface area contributed by atoms with E-state index in [2.05, 4.69) is 156 Å². The van der Waals surface area contributed by atoms with Crippen LogP contribution in [0.25, 0.3) is 0 Å². The number of carbonyl (C=O) groups excluding carboxylic acids is 2. The first-order chi connectivity index (χ1) is 35.5. The van der Waals surface area contributed by atoms with Crippen LogP contribution < -0.4 is 0 Å². The molecule has 0 amide bonds. The Balaban J connectivity index is 1.55. The van der Waals surface area contributed by atoms with Gasteiger partial charge in [0.25, 0.3) is 0 Å². The largest absolute Gasteiger partial charge is 0.414 e. The topological polar surface area (TPSA) is 158 Å². The number of carbonyl (C=O) groups is 2. The second-order valence-electron chi connectivity index (χ2n) is 30.4. The molecule has 4 saturated heterocycles. The zero-order valence-corrected chi connectivity index (χ0v) is 57.0. The van der Waals surface area contributed by atoms with Gasteiger partial charge in [-0.3, -0.25) is 9.59 Å². The number of rotatable bonds is 12. The number of ketones is 2. The monoisotopic (exact) mass is 1160 g/mol. The highest BCUT2D eigenvalue weighted by Crippen LogP contribution is 2.47. The third-order valence-electron chi connectivity index (χ3n) is 20.2. The average Bonchev–Trinajstić information content (AvgIpc) is 3.60. The van der Waals surface area contributed by atoms with Gasteiger partial charge in [0.1, 0.15) is 30.2 Å².